The Morgan fingerprint density at radius 3 is 2.47 bits per heavy atom. The number of ether oxygens (including phenoxy) is 3. The number of imidazole rings is 1. The number of alkyl halides is 4. The molecule has 0 spiro atoms. The van der Waals surface area contributed by atoms with Crippen LogP contribution in [0.4, 0.5) is 17.6 Å². The molecule has 0 radical (unpaired) electrons. The van der Waals surface area contributed by atoms with Gasteiger partial charge in [0.15, 0.2) is 0 Å². The molecule has 34 heavy (non-hydrogen) atoms. The summed E-state index contributed by atoms with van der Waals surface area (Å²) in [5, 5.41) is 2.82. The molecule has 0 saturated carbocycles. The average molecular weight is 479 g/mol. The molecule has 2 aromatic carbocycles. The van der Waals surface area contributed by atoms with Crippen molar-refractivity contribution < 1.29 is 36.6 Å². The zero-order valence-electron chi connectivity index (χ0n) is 18.1. The number of methoxy groups -OCH3 is 1. The van der Waals surface area contributed by atoms with E-state index in [4.69, 9.17) is 4.74 Å². The maximum absolute atomic E-state index is 12.8. The lowest BCUT2D eigenvalue weighted by atomic mass is 10.1. The van der Waals surface area contributed by atoms with Crippen LogP contribution >= 0.6 is 0 Å². The lowest BCUT2D eigenvalue weighted by Crippen LogP contribution is -2.29. The summed E-state index contributed by atoms with van der Waals surface area (Å²) < 4.78 is 66.0. The lowest BCUT2D eigenvalue weighted by Gasteiger charge is -2.19. The molecule has 1 N–H and O–H groups in total. The van der Waals surface area contributed by atoms with E-state index >= 15 is 0 Å². The molecule has 7 nitrogen and oxygen atoms in total. The highest BCUT2D eigenvalue weighted by atomic mass is 19.3. The standard InChI is InChI=1S/C23H21F4N3O4/c1-30-11-10-28-21(30)20(15-4-3-5-16(12-15)32-2)29-19(31)9-7-14-6-8-17(33-22(24)25)13-18(14)34-23(26)27/h3-13,20,22-23H,1-2H3,(H,29,31)/b9-7+. The number of halogens is 4. The maximum atomic E-state index is 12.8. The van der Waals surface area contributed by atoms with Gasteiger partial charge in [0.05, 0.1) is 7.11 Å². The van der Waals surface area contributed by atoms with Gasteiger partial charge >= 0.3 is 13.2 Å². The monoisotopic (exact) mass is 479 g/mol. The van der Waals surface area contributed by atoms with Crippen LogP contribution in [0, 0.1) is 0 Å². The van der Waals surface area contributed by atoms with Crippen LogP contribution in [0.25, 0.3) is 6.08 Å². The molecule has 1 amide bonds. The first-order valence-corrected chi connectivity index (χ1v) is 9.90. The number of rotatable bonds is 10. The molecule has 3 aromatic rings. The minimum Gasteiger partial charge on any atom is -0.497 e. The van der Waals surface area contributed by atoms with E-state index in [9.17, 15) is 22.4 Å². The Labute approximate surface area is 192 Å². The van der Waals surface area contributed by atoms with Crippen molar-refractivity contribution >= 4 is 12.0 Å². The van der Waals surface area contributed by atoms with Crippen LogP contribution < -0.4 is 19.5 Å². The zero-order valence-corrected chi connectivity index (χ0v) is 18.1. The SMILES string of the molecule is COc1cccc(C(NC(=O)/C=C/c2ccc(OC(F)F)cc2OC(F)F)c2nccn2C)c1. The van der Waals surface area contributed by atoms with Crippen molar-refractivity contribution in [2.45, 2.75) is 19.3 Å². The van der Waals surface area contributed by atoms with Crippen molar-refractivity contribution in [3.63, 3.8) is 0 Å². The highest BCUT2D eigenvalue weighted by Gasteiger charge is 2.21. The Morgan fingerprint density at radius 2 is 1.82 bits per heavy atom. The number of benzene rings is 2. The van der Waals surface area contributed by atoms with E-state index < -0.39 is 30.9 Å². The van der Waals surface area contributed by atoms with Gasteiger partial charge in [0.1, 0.15) is 29.1 Å². The van der Waals surface area contributed by atoms with Gasteiger partial charge in [-0.15, -0.1) is 0 Å². The molecule has 1 unspecified atom stereocenters. The summed E-state index contributed by atoms with van der Waals surface area (Å²) in [5.74, 6) is -0.218. The van der Waals surface area contributed by atoms with E-state index in [0.29, 0.717) is 17.1 Å². The maximum Gasteiger partial charge on any atom is 0.387 e. The molecule has 0 fully saturated rings. The smallest absolute Gasteiger partial charge is 0.387 e. The van der Waals surface area contributed by atoms with Crippen molar-refractivity contribution in [3.05, 3.63) is 77.9 Å². The van der Waals surface area contributed by atoms with Crippen molar-refractivity contribution in [3.8, 4) is 17.2 Å². The number of carbonyl (C=O) groups is 1. The van der Waals surface area contributed by atoms with Crippen LogP contribution in [0.3, 0.4) is 0 Å². The van der Waals surface area contributed by atoms with Gasteiger partial charge in [-0.3, -0.25) is 4.79 Å². The van der Waals surface area contributed by atoms with E-state index in [1.807, 2.05) is 0 Å². The zero-order chi connectivity index (χ0) is 24.7. The van der Waals surface area contributed by atoms with Gasteiger partial charge in [0.25, 0.3) is 0 Å². The van der Waals surface area contributed by atoms with Crippen molar-refractivity contribution in [1.82, 2.24) is 14.9 Å². The van der Waals surface area contributed by atoms with Crippen molar-refractivity contribution in [2.24, 2.45) is 7.05 Å². The Hall–Kier alpha value is -4.02. The number of aromatic nitrogens is 2. The van der Waals surface area contributed by atoms with Crippen LogP contribution in [0.2, 0.25) is 0 Å². The molecular weight excluding hydrogens is 458 g/mol. The normalized spacial score (nSPS) is 12.2. The summed E-state index contributed by atoms with van der Waals surface area (Å²) in [4.78, 5) is 17.0. The summed E-state index contributed by atoms with van der Waals surface area (Å²) in [6.45, 7) is -6.34. The summed E-state index contributed by atoms with van der Waals surface area (Å²) in [7, 11) is 3.29. The predicted octanol–water partition coefficient (Wildman–Crippen LogP) is 4.55. The second-order valence-electron chi connectivity index (χ2n) is 6.90. The van der Waals surface area contributed by atoms with Gasteiger partial charge in [0.2, 0.25) is 5.91 Å². The quantitative estimate of drug-likeness (QED) is 0.341. The van der Waals surface area contributed by atoms with Gasteiger partial charge in [-0.1, -0.05) is 12.1 Å². The first-order chi connectivity index (χ1) is 16.3. The number of hydrogen-bond acceptors (Lipinski definition) is 5. The third-order valence-corrected chi connectivity index (χ3v) is 4.67. The van der Waals surface area contributed by atoms with Crippen molar-refractivity contribution in [1.29, 1.82) is 0 Å². The highest BCUT2D eigenvalue weighted by molar-refractivity contribution is 5.92. The van der Waals surface area contributed by atoms with Crippen LogP contribution in [0.1, 0.15) is 23.0 Å². The Bertz CT molecular complexity index is 1150. The Morgan fingerprint density at radius 1 is 1.06 bits per heavy atom. The van der Waals surface area contributed by atoms with E-state index in [1.54, 1.807) is 48.3 Å². The lowest BCUT2D eigenvalue weighted by molar-refractivity contribution is -0.117. The summed E-state index contributed by atoms with van der Waals surface area (Å²) in [6.07, 6.45) is 5.64. The molecule has 0 bridgehead atoms. The van der Waals surface area contributed by atoms with E-state index in [2.05, 4.69) is 19.8 Å². The van der Waals surface area contributed by atoms with E-state index in [-0.39, 0.29) is 11.3 Å². The molecule has 3 rings (SSSR count). The molecule has 180 valence electrons. The van der Waals surface area contributed by atoms with E-state index in [0.717, 1.165) is 18.2 Å². The molecule has 0 aliphatic rings. The average Bonchev–Trinajstić information content (AvgIpc) is 3.21. The Kier molecular flexibility index (Phi) is 8.12. The van der Waals surface area contributed by atoms with Gasteiger partial charge in [-0.2, -0.15) is 17.6 Å². The van der Waals surface area contributed by atoms with E-state index in [1.165, 1.54) is 19.3 Å². The topological polar surface area (TPSA) is 74.6 Å². The molecule has 0 saturated heterocycles. The van der Waals surface area contributed by atoms with Gasteiger partial charge in [-0.05, 0) is 35.9 Å². The van der Waals surface area contributed by atoms with Crippen LogP contribution in [-0.4, -0.2) is 35.8 Å². The number of nitrogens with zero attached hydrogens (tertiary/aromatic N) is 2. The third-order valence-electron chi connectivity index (χ3n) is 4.67. The minimum atomic E-state index is -3.20. The number of aryl methyl sites for hydroxylation is 1. The van der Waals surface area contributed by atoms with Gasteiger partial charge < -0.3 is 24.1 Å². The Balaban J connectivity index is 1.85. The molecule has 1 heterocycles. The number of carbonyl (C=O) groups excluding carboxylic acids is 1. The summed E-state index contributed by atoms with van der Waals surface area (Å²) >= 11 is 0. The largest absolute Gasteiger partial charge is 0.497 e. The van der Waals surface area contributed by atoms with Crippen LogP contribution in [-0.2, 0) is 11.8 Å². The molecule has 1 aromatic heterocycles. The minimum absolute atomic E-state index is 0.0620. The molecule has 0 aliphatic heterocycles. The molecule has 11 heteroatoms. The van der Waals surface area contributed by atoms with Crippen LogP contribution in [0.15, 0.2) is 60.9 Å². The number of hydrogen-bond donors (Lipinski definition) is 1. The fraction of sp³-hybridized carbons (Fsp3) is 0.217. The van der Waals surface area contributed by atoms with Gasteiger partial charge in [0, 0.05) is 37.1 Å². The highest BCUT2D eigenvalue weighted by Crippen LogP contribution is 2.29. The fourth-order valence-corrected chi connectivity index (χ4v) is 3.16. The summed E-state index contributed by atoms with van der Waals surface area (Å²) in [6, 6.07) is 9.68. The number of nitrogens with one attached hydrogen (secondary N) is 1. The first kappa shape index (κ1) is 24.6. The molecule has 1 atom stereocenters. The third kappa shape index (κ3) is 6.50. The van der Waals surface area contributed by atoms with Gasteiger partial charge in [-0.25, -0.2) is 4.98 Å². The predicted molar refractivity (Wildman–Crippen MR) is 115 cm³/mol. The van der Waals surface area contributed by atoms with Crippen LogP contribution in [0.5, 0.6) is 17.2 Å². The molecule has 0 aliphatic carbocycles. The second kappa shape index (κ2) is 11.2. The summed E-state index contributed by atoms with van der Waals surface area (Å²) in [5.41, 5.74) is 0.762. The second-order valence-corrected chi connectivity index (χ2v) is 6.90. The first-order valence-electron chi connectivity index (χ1n) is 9.90. The fourth-order valence-electron chi connectivity index (χ4n) is 3.16. The molecular formula is C23H21F4N3O4. The van der Waals surface area contributed by atoms with Crippen molar-refractivity contribution in [2.75, 3.05) is 7.11 Å². The number of amides is 1.